The summed E-state index contributed by atoms with van der Waals surface area (Å²) in [4.78, 5) is 0. The standard InChI is InChI=1S/C9H12O/c10-9-5-4-7-2-1-3-8(7)6-9/h4-5,9-10H,1-3,6H2. The van der Waals surface area contributed by atoms with Crippen LogP contribution in [0.5, 0.6) is 0 Å². The Morgan fingerprint density at radius 2 is 2.30 bits per heavy atom. The summed E-state index contributed by atoms with van der Waals surface area (Å²) in [6.45, 7) is 0. The molecule has 2 aliphatic carbocycles. The third kappa shape index (κ3) is 0.907. The molecule has 2 rings (SSSR count). The Kier molecular flexibility index (Phi) is 1.38. The monoisotopic (exact) mass is 136 g/mol. The highest BCUT2D eigenvalue weighted by Crippen LogP contribution is 2.32. The maximum atomic E-state index is 9.24. The van der Waals surface area contributed by atoms with Crippen molar-refractivity contribution in [3.63, 3.8) is 0 Å². The fourth-order valence-electron chi connectivity index (χ4n) is 1.81. The molecule has 0 aliphatic heterocycles. The van der Waals surface area contributed by atoms with Gasteiger partial charge in [-0.15, -0.1) is 0 Å². The summed E-state index contributed by atoms with van der Waals surface area (Å²) >= 11 is 0. The topological polar surface area (TPSA) is 20.2 Å². The van der Waals surface area contributed by atoms with E-state index in [1.54, 1.807) is 0 Å². The van der Waals surface area contributed by atoms with E-state index < -0.39 is 0 Å². The average molecular weight is 136 g/mol. The first-order chi connectivity index (χ1) is 4.86. The van der Waals surface area contributed by atoms with E-state index >= 15 is 0 Å². The van der Waals surface area contributed by atoms with Crippen LogP contribution in [-0.4, -0.2) is 11.2 Å². The lowest BCUT2D eigenvalue weighted by Crippen LogP contribution is -2.06. The van der Waals surface area contributed by atoms with E-state index in [0.717, 1.165) is 6.42 Å². The third-order valence-electron chi connectivity index (χ3n) is 2.35. The summed E-state index contributed by atoms with van der Waals surface area (Å²) in [7, 11) is 0. The maximum Gasteiger partial charge on any atom is 0.0761 e. The van der Waals surface area contributed by atoms with Gasteiger partial charge in [0.25, 0.3) is 0 Å². The molecule has 0 aromatic rings. The molecule has 1 N–H and O–H groups in total. The van der Waals surface area contributed by atoms with Crippen molar-refractivity contribution in [2.24, 2.45) is 0 Å². The van der Waals surface area contributed by atoms with Gasteiger partial charge in [-0.05, 0) is 31.3 Å². The van der Waals surface area contributed by atoms with E-state index in [2.05, 4.69) is 6.08 Å². The minimum atomic E-state index is -0.197. The SMILES string of the molecule is OC1C=CC2=C(CCC2)C1. The summed E-state index contributed by atoms with van der Waals surface area (Å²) in [5, 5.41) is 9.24. The van der Waals surface area contributed by atoms with Crippen LogP contribution in [0.1, 0.15) is 25.7 Å². The van der Waals surface area contributed by atoms with Crippen LogP contribution in [0.15, 0.2) is 23.3 Å². The molecule has 0 saturated heterocycles. The van der Waals surface area contributed by atoms with E-state index in [1.807, 2.05) is 6.08 Å². The first-order valence-corrected chi connectivity index (χ1v) is 3.93. The highest BCUT2D eigenvalue weighted by molar-refractivity contribution is 5.34. The third-order valence-corrected chi connectivity index (χ3v) is 2.35. The summed E-state index contributed by atoms with van der Waals surface area (Å²) < 4.78 is 0. The number of hydrogen-bond donors (Lipinski definition) is 1. The smallest absolute Gasteiger partial charge is 0.0761 e. The zero-order chi connectivity index (χ0) is 6.97. The predicted molar refractivity (Wildman–Crippen MR) is 40.6 cm³/mol. The highest BCUT2D eigenvalue weighted by Gasteiger charge is 2.17. The zero-order valence-electron chi connectivity index (χ0n) is 6.01. The van der Waals surface area contributed by atoms with Gasteiger partial charge in [0.05, 0.1) is 6.10 Å². The van der Waals surface area contributed by atoms with Crippen molar-refractivity contribution in [2.45, 2.75) is 31.8 Å². The fourth-order valence-corrected chi connectivity index (χ4v) is 1.81. The van der Waals surface area contributed by atoms with Crippen molar-refractivity contribution < 1.29 is 5.11 Å². The van der Waals surface area contributed by atoms with Gasteiger partial charge in [-0.25, -0.2) is 0 Å². The minimum Gasteiger partial charge on any atom is -0.389 e. The van der Waals surface area contributed by atoms with Crippen LogP contribution >= 0.6 is 0 Å². The lowest BCUT2D eigenvalue weighted by molar-refractivity contribution is 0.221. The molecule has 0 bridgehead atoms. The number of aliphatic hydroxyl groups is 1. The number of aliphatic hydroxyl groups excluding tert-OH is 1. The van der Waals surface area contributed by atoms with Crippen LogP contribution < -0.4 is 0 Å². The lowest BCUT2D eigenvalue weighted by Gasteiger charge is -2.12. The molecule has 0 heterocycles. The molecule has 1 atom stereocenters. The molecule has 54 valence electrons. The summed E-state index contributed by atoms with van der Waals surface area (Å²) in [6.07, 6.45) is 8.44. The maximum absolute atomic E-state index is 9.24. The fraction of sp³-hybridized carbons (Fsp3) is 0.556. The Morgan fingerprint density at radius 1 is 1.40 bits per heavy atom. The van der Waals surface area contributed by atoms with Crippen molar-refractivity contribution >= 4 is 0 Å². The normalized spacial score (nSPS) is 31.1. The molecular formula is C9H12O. The van der Waals surface area contributed by atoms with Gasteiger partial charge in [0.1, 0.15) is 0 Å². The summed E-state index contributed by atoms with van der Waals surface area (Å²) in [5.41, 5.74) is 2.99. The van der Waals surface area contributed by atoms with Crippen molar-refractivity contribution in [1.29, 1.82) is 0 Å². The Hall–Kier alpha value is -0.560. The Bertz CT molecular complexity index is 201. The minimum absolute atomic E-state index is 0.197. The van der Waals surface area contributed by atoms with Gasteiger partial charge in [0.2, 0.25) is 0 Å². The lowest BCUT2D eigenvalue weighted by atomic mass is 9.98. The predicted octanol–water partition coefficient (Wildman–Crippen LogP) is 1.79. The van der Waals surface area contributed by atoms with Crippen LogP contribution in [-0.2, 0) is 0 Å². The Morgan fingerprint density at radius 3 is 3.20 bits per heavy atom. The van der Waals surface area contributed by atoms with Gasteiger partial charge in [-0.2, -0.15) is 0 Å². The first-order valence-electron chi connectivity index (χ1n) is 3.93. The molecule has 2 aliphatic rings. The largest absolute Gasteiger partial charge is 0.389 e. The second-order valence-corrected chi connectivity index (χ2v) is 3.11. The van der Waals surface area contributed by atoms with Gasteiger partial charge in [0.15, 0.2) is 0 Å². The highest BCUT2D eigenvalue weighted by atomic mass is 16.3. The molecule has 10 heavy (non-hydrogen) atoms. The molecule has 0 spiro atoms. The van der Waals surface area contributed by atoms with E-state index in [1.165, 1.54) is 30.4 Å². The molecule has 1 heteroatoms. The number of hydrogen-bond acceptors (Lipinski definition) is 1. The molecule has 0 radical (unpaired) electrons. The van der Waals surface area contributed by atoms with Gasteiger partial charge in [0, 0.05) is 0 Å². The molecule has 0 saturated carbocycles. The van der Waals surface area contributed by atoms with E-state index in [-0.39, 0.29) is 6.10 Å². The molecular weight excluding hydrogens is 124 g/mol. The van der Waals surface area contributed by atoms with E-state index in [4.69, 9.17) is 0 Å². The van der Waals surface area contributed by atoms with Crippen LogP contribution in [0.25, 0.3) is 0 Å². The molecule has 0 fully saturated rings. The molecule has 1 unspecified atom stereocenters. The van der Waals surface area contributed by atoms with Gasteiger partial charge < -0.3 is 5.11 Å². The molecule has 0 aromatic carbocycles. The Balaban J connectivity index is 2.22. The molecule has 1 nitrogen and oxygen atoms in total. The second kappa shape index (κ2) is 2.24. The van der Waals surface area contributed by atoms with E-state index in [0.29, 0.717) is 0 Å². The summed E-state index contributed by atoms with van der Waals surface area (Å²) in [5.74, 6) is 0. The van der Waals surface area contributed by atoms with Crippen molar-refractivity contribution in [1.82, 2.24) is 0 Å². The van der Waals surface area contributed by atoms with Gasteiger partial charge in [-0.3, -0.25) is 0 Å². The molecule has 0 amide bonds. The van der Waals surface area contributed by atoms with Crippen LogP contribution in [0.2, 0.25) is 0 Å². The van der Waals surface area contributed by atoms with Crippen molar-refractivity contribution in [3.8, 4) is 0 Å². The van der Waals surface area contributed by atoms with E-state index in [9.17, 15) is 5.11 Å². The second-order valence-electron chi connectivity index (χ2n) is 3.11. The van der Waals surface area contributed by atoms with Crippen LogP contribution in [0.3, 0.4) is 0 Å². The first kappa shape index (κ1) is 6.17. The van der Waals surface area contributed by atoms with Crippen LogP contribution in [0, 0.1) is 0 Å². The van der Waals surface area contributed by atoms with Gasteiger partial charge >= 0.3 is 0 Å². The summed E-state index contributed by atoms with van der Waals surface area (Å²) in [6, 6.07) is 0. The van der Waals surface area contributed by atoms with Crippen molar-refractivity contribution in [2.75, 3.05) is 0 Å². The number of rotatable bonds is 0. The Labute approximate surface area is 61.1 Å². The quantitative estimate of drug-likeness (QED) is 0.538. The molecule has 0 aromatic heterocycles. The average Bonchev–Trinajstić information content (AvgIpc) is 2.33. The van der Waals surface area contributed by atoms with Gasteiger partial charge in [-0.1, -0.05) is 17.7 Å². The van der Waals surface area contributed by atoms with Crippen LogP contribution in [0.4, 0.5) is 0 Å². The number of allylic oxidation sites excluding steroid dienone is 2. The zero-order valence-corrected chi connectivity index (χ0v) is 6.01. The van der Waals surface area contributed by atoms with Crippen molar-refractivity contribution in [3.05, 3.63) is 23.3 Å².